The summed E-state index contributed by atoms with van der Waals surface area (Å²) < 4.78 is 43.9. The molecule has 0 radical (unpaired) electrons. The fraction of sp³-hybridized carbons (Fsp3) is 0.846. The van der Waals surface area contributed by atoms with Crippen molar-refractivity contribution in [3.05, 3.63) is 0 Å². The fourth-order valence-electron chi connectivity index (χ4n) is 3.09. The summed E-state index contributed by atoms with van der Waals surface area (Å²) in [5, 5.41) is 2.38. The van der Waals surface area contributed by atoms with Crippen molar-refractivity contribution in [2.24, 2.45) is 4.99 Å². The molecule has 124 valence electrons. The molecule has 3 aliphatic heterocycles. The second-order valence-electron chi connectivity index (χ2n) is 5.87. The van der Waals surface area contributed by atoms with Crippen LogP contribution in [0.3, 0.4) is 0 Å². The Balaban J connectivity index is 1.79. The van der Waals surface area contributed by atoms with E-state index in [9.17, 15) is 18.0 Å². The van der Waals surface area contributed by atoms with Crippen molar-refractivity contribution in [3.63, 3.8) is 0 Å². The van der Waals surface area contributed by atoms with Crippen molar-refractivity contribution in [1.29, 1.82) is 0 Å². The van der Waals surface area contributed by atoms with Crippen molar-refractivity contribution >= 4 is 11.9 Å². The highest BCUT2D eigenvalue weighted by Crippen LogP contribution is 2.28. The molecule has 0 spiro atoms. The van der Waals surface area contributed by atoms with Crippen LogP contribution in [0.15, 0.2) is 4.99 Å². The van der Waals surface area contributed by atoms with Gasteiger partial charge in [-0.1, -0.05) is 0 Å². The van der Waals surface area contributed by atoms with Gasteiger partial charge in [-0.15, -0.1) is 0 Å². The van der Waals surface area contributed by atoms with Crippen molar-refractivity contribution in [3.8, 4) is 0 Å². The van der Waals surface area contributed by atoms with E-state index in [4.69, 9.17) is 4.74 Å². The average Bonchev–Trinajstić information content (AvgIpc) is 2.46. The smallest absolute Gasteiger partial charge is 0.379 e. The first kappa shape index (κ1) is 15.5. The van der Waals surface area contributed by atoms with Crippen molar-refractivity contribution in [2.75, 3.05) is 26.3 Å². The molecule has 3 rings (SSSR count). The summed E-state index contributed by atoms with van der Waals surface area (Å²) in [4.78, 5) is 19.9. The molecular formula is C13H19F3N4O2. The molecule has 3 heterocycles. The summed E-state index contributed by atoms with van der Waals surface area (Å²) >= 11 is 0. The van der Waals surface area contributed by atoms with Gasteiger partial charge in [-0.25, -0.2) is 4.99 Å². The minimum atomic E-state index is -4.34. The van der Waals surface area contributed by atoms with Gasteiger partial charge < -0.3 is 10.1 Å². The molecule has 0 saturated carbocycles. The summed E-state index contributed by atoms with van der Waals surface area (Å²) in [6.07, 6.45) is -4.70. The average molecular weight is 320 g/mol. The standard InChI is InChI=1S/C13H19F3N4O2/c1-8-7-22-5-4-19(8)10-6-11(21)20-3-2-9(13(14,15)16)17-12(20)18-10/h8-10H,2-7H2,1H3,(H,17,18)/t8-,9+,10?/m1/s1. The number of fused-ring (bicyclic) bond motifs is 1. The van der Waals surface area contributed by atoms with Crippen LogP contribution < -0.4 is 5.32 Å². The predicted octanol–water partition coefficient (Wildman–Crippen LogP) is 0.546. The van der Waals surface area contributed by atoms with Crippen LogP contribution in [0.4, 0.5) is 13.2 Å². The SMILES string of the molecule is C[C@@H]1COCCN1C1CC(=O)N2CC[C@@H](C(F)(F)F)NC2=N1. The molecule has 6 nitrogen and oxygen atoms in total. The number of nitrogens with zero attached hydrogens (tertiary/aromatic N) is 3. The van der Waals surface area contributed by atoms with Crippen LogP contribution in [0.5, 0.6) is 0 Å². The number of hydrogen-bond acceptors (Lipinski definition) is 5. The summed E-state index contributed by atoms with van der Waals surface area (Å²) in [6.45, 7) is 3.72. The number of carbonyl (C=O) groups excluding carboxylic acids is 1. The summed E-state index contributed by atoms with van der Waals surface area (Å²) in [7, 11) is 0. The molecule has 3 atom stereocenters. The van der Waals surface area contributed by atoms with Gasteiger partial charge in [-0.2, -0.15) is 13.2 Å². The van der Waals surface area contributed by atoms with Crippen LogP contribution in [0.25, 0.3) is 0 Å². The van der Waals surface area contributed by atoms with Crippen LogP contribution >= 0.6 is 0 Å². The van der Waals surface area contributed by atoms with Gasteiger partial charge in [0, 0.05) is 19.1 Å². The largest absolute Gasteiger partial charge is 0.408 e. The predicted molar refractivity (Wildman–Crippen MR) is 72.1 cm³/mol. The Morgan fingerprint density at radius 1 is 1.36 bits per heavy atom. The maximum absolute atomic E-state index is 12.9. The Morgan fingerprint density at radius 2 is 2.14 bits per heavy atom. The molecule has 3 aliphatic rings. The number of nitrogens with one attached hydrogen (secondary N) is 1. The zero-order valence-electron chi connectivity index (χ0n) is 12.3. The van der Waals surface area contributed by atoms with Gasteiger partial charge in [0.15, 0.2) is 0 Å². The minimum Gasteiger partial charge on any atom is -0.379 e. The zero-order valence-corrected chi connectivity index (χ0v) is 12.3. The monoisotopic (exact) mass is 320 g/mol. The van der Waals surface area contributed by atoms with Crippen molar-refractivity contribution < 1.29 is 22.7 Å². The van der Waals surface area contributed by atoms with Crippen LogP contribution in [0, 0.1) is 0 Å². The molecule has 2 saturated heterocycles. The minimum absolute atomic E-state index is 0.0496. The molecule has 1 unspecified atom stereocenters. The Bertz CT molecular complexity index is 482. The van der Waals surface area contributed by atoms with E-state index in [0.29, 0.717) is 19.8 Å². The Labute approximate surface area is 126 Å². The quantitative estimate of drug-likeness (QED) is 0.766. The third kappa shape index (κ3) is 2.91. The van der Waals surface area contributed by atoms with E-state index in [2.05, 4.69) is 10.3 Å². The molecule has 9 heteroatoms. The number of aliphatic imine (C=N–C) groups is 1. The number of ether oxygens (including phenoxy) is 1. The second-order valence-corrected chi connectivity index (χ2v) is 5.87. The summed E-state index contributed by atoms with van der Waals surface area (Å²) in [6, 6.07) is -1.55. The lowest BCUT2D eigenvalue weighted by molar-refractivity contribution is -0.159. The highest BCUT2D eigenvalue weighted by atomic mass is 19.4. The van der Waals surface area contributed by atoms with Crippen molar-refractivity contribution in [1.82, 2.24) is 15.1 Å². The Hall–Kier alpha value is -1.35. The fourth-order valence-corrected chi connectivity index (χ4v) is 3.09. The highest BCUT2D eigenvalue weighted by Gasteiger charge is 2.46. The molecule has 22 heavy (non-hydrogen) atoms. The van der Waals surface area contributed by atoms with Gasteiger partial charge in [-0.3, -0.25) is 14.6 Å². The lowest BCUT2D eigenvalue weighted by Gasteiger charge is -2.43. The number of morpholine rings is 1. The number of guanidine groups is 1. The van der Waals surface area contributed by atoms with E-state index in [0.717, 1.165) is 0 Å². The summed E-state index contributed by atoms with van der Waals surface area (Å²) in [5.41, 5.74) is 0. The van der Waals surface area contributed by atoms with Gasteiger partial charge >= 0.3 is 6.18 Å². The lowest BCUT2D eigenvalue weighted by Crippen LogP contribution is -2.63. The molecule has 0 aromatic rings. The van der Waals surface area contributed by atoms with E-state index in [1.807, 2.05) is 11.8 Å². The zero-order chi connectivity index (χ0) is 15.9. The van der Waals surface area contributed by atoms with Gasteiger partial charge in [0.25, 0.3) is 0 Å². The molecular weight excluding hydrogens is 301 g/mol. The van der Waals surface area contributed by atoms with Crippen molar-refractivity contribution in [2.45, 2.75) is 44.2 Å². The molecule has 1 amide bonds. The Morgan fingerprint density at radius 3 is 2.82 bits per heavy atom. The number of alkyl halides is 3. The van der Waals surface area contributed by atoms with Gasteiger partial charge in [-0.05, 0) is 13.3 Å². The number of hydrogen-bond donors (Lipinski definition) is 1. The van der Waals surface area contributed by atoms with Crippen LogP contribution in [0.1, 0.15) is 19.8 Å². The molecule has 0 aromatic carbocycles. The van der Waals surface area contributed by atoms with E-state index in [-0.39, 0.29) is 37.3 Å². The first-order valence-corrected chi connectivity index (χ1v) is 7.41. The molecule has 2 fully saturated rings. The maximum atomic E-state index is 12.9. The van der Waals surface area contributed by atoms with E-state index >= 15 is 0 Å². The second kappa shape index (κ2) is 5.69. The molecule has 0 bridgehead atoms. The highest BCUT2D eigenvalue weighted by molar-refractivity contribution is 5.99. The van der Waals surface area contributed by atoms with E-state index in [1.165, 1.54) is 4.90 Å². The molecule has 1 N–H and O–H groups in total. The van der Waals surface area contributed by atoms with Crippen LogP contribution in [-0.2, 0) is 9.53 Å². The third-order valence-corrected chi connectivity index (χ3v) is 4.33. The first-order chi connectivity index (χ1) is 10.4. The molecule has 0 aliphatic carbocycles. The number of rotatable bonds is 1. The topological polar surface area (TPSA) is 57.2 Å². The van der Waals surface area contributed by atoms with Crippen LogP contribution in [-0.4, -0.2) is 72.4 Å². The Kier molecular flexibility index (Phi) is 4.02. The van der Waals surface area contributed by atoms with Gasteiger partial charge in [0.1, 0.15) is 12.2 Å². The third-order valence-electron chi connectivity index (χ3n) is 4.33. The lowest BCUT2D eigenvalue weighted by atomic mass is 10.1. The van der Waals surface area contributed by atoms with Crippen LogP contribution in [0.2, 0.25) is 0 Å². The number of carbonyl (C=O) groups is 1. The number of halogens is 3. The van der Waals surface area contributed by atoms with Gasteiger partial charge in [0.2, 0.25) is 11.9 Å². The van der Waals surface area contributed by atoms with Gasteiger partial charge in [0.05, 0.1) is 19.6 Å². The molecule has 0 aromatic heterocycles. The maximum Gasteiger partial charge on any atom is 0.408 e. The number of amides is 1. The first-order valence-electron chi connectivity index (χ1n) is 7.41. The van der Waals surface area contributed by atoms with E-state index < -0.39 is 18.4 Å². The van der Waals surface area contributed by atoms with E-state index in [1.54, 1.807) is 0 Å². The normalized spacial score (nSPS) is 34.0. The summed E-state index contributed by atoms with van der Waals surface area (Å²) in [5.74, 6) is -0.129.